The van der Waals surface area contributed by atoms with E-state index in [2.05, 4.69) is 16.0 Å². The molecule has 0 aliphatic carbocycles. The highest BCUT2D eigenvalue weighted by Gasteiger charge is 2.34. The minimum absolute atomic E-state index is 0.0254. The summed E-state index contributed by atoms with van der Waals surface area (Å²) in [6, 6.07) is 9.37. The molecule has 1 aliphatic heterocycles. The molecule has 28 heavy (non-hydrogen) atoms. The monoisotopic (exact) mass is 391 g/mol. The van der Waals surface area contributed by atoms with Gasteiger partial charge >= 0.3 is 6.18 Å². The Morgan fingerprint density at radius 2 is 2.00 bits per heavy atom. The number of alkyl halides is 3. The van der Waals surface area contributed by atoms with Crippen LogP contribution < -0.4 is 16.0 Å². The van der Waals surface area contributed by atoms with Crippen LogP contribution in [0.4, 0.5) is 30.2 Å². The van der Waals surface area contributed by atoms with Crippen molar-refractivity contribution in [2.75, 3.05) is 36.2 Å². The van der Waals surface area contributed by atoms with Crippen LogP contribution >= 0.6 is 0 Å². The van der Waals surface area contributed by atoms with Crippen molar-refractivity contribution in [1.82, 2.24) is 0 Å². The first-order chi connectivity index (χ1) is 13.3. The third kappa shape index (κ3) is 4.12. The summed E-state index contributed by atoms with van der Waals surface area (Å²) in [6.45, 7) is 2.42. The third-order valence-electron chi connectivity index (χ3n) is 4.36. The Bertz CT molecular complexity index is 923. The van der Waals surface area contributed by atoms with Gasteiger partial charge in [-0.3, -0.25) is 4.79 Å². The molecule has 0 aromatic heterocycles. The summed E-state index contributed by atoms with van der Waals surface area (Å²) in [5.41, 5.74) is 2.12. The van der Waals surface area contributed by atoms with Crippen LogP contribution in [0, 0.1) is 6.92 Å². The second-order valence-corrected chi connectivity index (χ2v) is 6.33. The van der Waals surface area contributed by atoms with E-state index in [1.54, 1.807) is 6.07 Å². The largest absolute Gasteiger partial charge is 0.418 e. The molecule has 8 heteroatoms. The van der Waals surface area contributed by atoms with E-state index in [0.29, 0.717) is 11.3 Å². The average Bonchev–Trinajstić information content (AvgIpc) is 2.96. The first-order valence-electron chi connectivity index (χ1n) is 8.63. The lowest BCUT2D eigenvalue weighted by Crippen LogP contribution is -2.14. The van der Waals surface area contributed by atoms with Crippen molar-refractivity contribution in [3.8, 4) is 0 Å². The number of aryl methyl sites for hydroxylation is 1. The van der Waals surface area contributed by atoms with Gasteiger partial charge in [0.1, 0.15) is 0 Å². The van der Waals surface area contributed by atoms with E-state index in [1.807, 2.05) is 19.1 Å². The normalized spacial score (nSPS) is 14.8. The Balaban J connectivity index is 1.87. The van der Waals surface area contributed by atoms with E-state index in [0.717, 1.165) is 17.2 Å². The van der Waals surface area contributed by atoms with Crippen LogP contribution in [-0.4, -0.2) is 26.2 Å². The zero-order valence-corrected chi connectivity index (χ0v) is 15.4. The smallest absolute Gasteiger partial charge is 0.383 e. The highest BCUT2D eigenvalue weighted by Crippen LogP contribution is 2.37. The maximum Gasteiger partial charge on any atom is 0.418 e. The van der Waals surface area contributed by atoms with E-state index >= 15 is 0 Å². The molecule has 3 N–H and O–H groups in total. The molecular formula is C20H20F3N3O2. The SMILES string of the molecule is COCCNc1ccc(N/C=C2/C(=O)Nc3cccc(C)c32)cc1C(F)(F)F. The molecule has 0 radical (unpaired) electrons. The van der Waals surface area contributed by atoms with Crippen LogP contribution in [-0.2, 0) is 15.7 Å². The van der Waals surface area contributed by atoms with Gasteiger partial charge in [0.05, 0.1) is 17.7 Å². The number of anilines is 3. The fourth-order valence-corrected chi connectivity index (χ4v) is 3.04. The number of hydrogen-bond donors (Lipinski definition) is 3. The van der Waals surface area contributed by atoms with Crippen LogP contribution in [0.2, 0.25) is 0 Å². The summed E-state index contributed by atoms with van der Waals surface area (Å²) in [6.07, 6.45) is -3.09. The molecule has 0 atom stereocenters. The number of methoxy groups -OCH3 is 1. The molecule has 3 rings (SSSR count). The number of benzene rings is 2. The summed E-state index contributed by atoms with van der Waals surface area (Å²) in [4.78, 5) is 12.2. The lowest BCUT2D eigenvalue weighted by molar-refractivity contribution is -0.136. The number of rotatable bonds is 6. The molecule has 0 saturated heterocycles. The summed E-state index contributed by atoms with van der Waals surface area (Å²) < 4.78 is 45.1. The van der Waals surface area contributed by atoms with Gasteiger partial charge < -0.3 is 20.7 Å². The zero-order chi connectivity index (χ0) is 20.3. The average molecular weight is 391 g/mol. The van der Waals surface area contributed by atoms with Crippen LogP contribution in [0.25, 0.3) is 5.57 Å². The minimum atomic E-state index is -4.52. The zero-order valence-electron chi connectivity index (χ0n) is 15.4. The Kier molecular flexibility index (Phi) is 5.60. The lowest BCUT2D eigenvalue weighted by atomic mass is 10.0. The quantitative estimate of drug-likeness (QED) is 0.502. The van der Waals surface area contributed by atoms with Crippen LogP contribution in [0.3, 0.4) is 0 Å². The first kappa shape index (κ1) is 19.8. The van der Waals surface area contributed by atoms with Crippen LogP contribution in [0.5, 0.6) is 0 Å². The standard InChI is InChI=1S/C20H20F3N3O2/c1-12-4-3-5-17-18(12)14(19(27)26-17)11-25-13-6-7-16(24-8-9-28-2)15(10-13)20(21,22)23/h3-7,10-11,24-25H,8-9H2,1-2H3,(H,26,27)/b14-11+. The fraction of sp³-hybridized carbons (Fsp3) is 0.250. The number of ether oxygens (including phenoxy) is 1. The number of amides is 1. The molecule has 2 aromatic carbocycles. The molecule has 0 bridgehead atoms. The van der Waals surface area contributed by atoms with Crippen LogP contribution in [0.15, 0.2) is 42.6 Å². The Morgan fingerprint density at radius 3 is 2.71 bits per heavy atom. The minimum Gasteiger partial charge on any atom is -0.383 e. The number of fused-ring (bicyclic) bond motifs is 1. The summed E-state index contributed by atoms with van der Waals surface area (Å²) in [7, 11) is 1.48. The maximum absolute atomic E-state index is 13.4. The van der Waals surface area contributed by atoms with Gasteiger partial charge in [0.25, 0.3) is 5.91 Å². The van der Waals surface area contributed by atoms with E-state index < -0.39 is 11.7 Å². The second kappa shape index (κ2) is 7.93. The molecule has 5 nitrogen and oxygen atoms in total. The van der Waals surface area contributed by atoms with Crippen molar-refractivity contribution in [2.24, 2.45) is 0 Å². The molecule has 1 aliphatic rings. The number of hydrogen-bond acceptors (Lipinski definition) is 4. The molecule has 0 spiro atoms. The highest BCUT2D eigenvalue weighted by atomic mass is 19.4. The predicted octanol–water partition coefficient (Wildman–Crippen LogP) is 4.48. The van der Waals surface area contributed by atoms with Crippen molar-refractivity contribution in [3.05, 3.63) is 59.3 Å². The topological polar surface area (TPSA) is 62.4 Å². The van der Waals surface area contributed by atoms with E-state index in [-0.39, 0.29) is 30.4 Å². The molecular weight excluding hydrogens is 371 g/mol. The van der Waals surface area contributed by atoms with Crippen molar-refractivity contribution >= 4 is 28.5 Å². The predicted molar refractivity (Wildman–Crippen MR) is 103 cm³/mol. The molecule has 0 unspecified atom stereocenters. The van der Waals surface area contributed by atoms with Gasteiger partial charge in [-0.2, -0.15) is 13.2 Å². The van der Waals surface area contributed by atoms with Crippen molar-refractivity contribution in [1.29, 1.82) is 0 Å². The summed E-state index contributed by atoms with van der Waals surface area (Å²) in [5, 5.41) is 8.29. The van der Waals surface area contributed by atoms with Crippen LogP contribution in [0.1, 0.15) is 16.7 Å². The van der Waals surface area contributed by atoms with E-state index in [1.165, 1.54) is 25.4 Å². The van der Waals surface area contributed by atoms with Gasteiger partial charge in [0, 0.05) is 42.5 Å². The van der Waals surface area contributed by atoms with Crippen molar-refractivity contribution < 1.29 is 22.7 Å². The Hall–Kier alpha value is -3.00. The maximum atomic E-state index is 13.4. The molecule has 0 fully saturated rings. The van der Waals surface area contributed by atoms with Gasteiger partial charge in [-0.05, 0) is 36.8 Å². The third-order valence-corrected chi connectivity index (χ3v) is 4.36. The molecule has 0 saturated carbocycles. The number of nitrogens with one attached hydrogen (secondary N) is 3. The Morgan fingerprint density at radius 1 is 1.21 bits per heavy atom. The summed E-state index contributed by atoms with van der Waals surface area (Å²) in [5.74, 6) is -0.300. The van der Waals surface area contributed by atoms with E-state index in [4.69, 9.17) is 4.74 Å². The Labute approximate surface area is 160 Å². The second-order valence-electron chi connectivity index (χ2n) is 6.33. The number of halogens is 3. The van der Waals surface area contributed by atoms with Gasteiger partial charge in [0.15, 0.2) is 0 Å². The first-order valence-corrected chi connectivity index (χ1v) is 8.63. The highest BCUT2D eigenvalue weighted by molar-refractivity contribution is 6.32. The molecule has 1 heterocycles. The van der Waals surface area contributed by atoms with Gasteiger partial charge in [-0.25, -0.2) is 0 Å². The van der Waals surface area contributed by atoms with Crippen molar-refractivity contribution in [3.63, 3.8) is 0 Å². The molecule has 2 aromatic rings. The fourth-order valence-electron chi connectivity index (χ4n) is 3.04. The van der Waals surface area contributed by atoms with Gasteiger partial charge in [0.2, 0.25) is 0 Å². The molecule has 1 amide bonds. The van der Waals surface area contributed by atoms with Crippen molar-refractivity contribution in [2.45, 2.75) is 13.1 Å². The van der Waals surface area contributed by atoms with Gasteiger partial charge in [-0.1, -0.05) is 12.1 Å². The lowest BCUT2D eigenvalue weighted by Gasteiger charge is -2.16. The van der Waals surface area contributed by atoms with Gasteiger partial charge in [-0.15, -0.1) is 0 Å². The summed E-state index contributed by atoms with van der Waals surface area (Å²) >= 11 is 0. The molecule has 148 valence electrons. The number of carbonyl (C=O) groups excluding carboxylic acids is 1. The van der Waals surface area contributed by atoms with E-state index in [9.17, 15) is 18.0 Å². The number of carbonyl (C=O) groups is 1.